The molecule has 0 spiro atoms. The maximum atomic E-state index is 12.1. The molecule has 1 aromatic rings. The van der Waals surface area contributed by atoms with Gasteiger partial charge < -0.3 is 14.2 Å². The van der Waals surface area contributed by atoms with Crippen molar-refractivity contribution in [2.75, 3.05) is 13.2 Å². The molecule has 0 radical (unpaired) electrons. The summed E-state index contributed by atoms with van der Waals surface area (Å²) >= 11 is 0. The fourth-order valence-corrected chi connectivity index (χ4v) is 1.61. The minimum Gasteiger partial charge on any atom is -0.465 e. The lowest BCUT2D eigenvalue weighted by molar-refractivity contribution is -0.144. The Morgan fingerprint density at radius 2 is 2.22 bits per heavy atom. The van der Waals surface area contributed by atoms with E-state index in [-0.39, 0.29) is 24.3 Å². The fraction of sp³-hybridized carbons (Fsp3) is 0.636. The van der Waals surface area contributed by atoms with Gasteiger partial charge in [0.1, 0.15) is 6.54 Å². The highest BCUT2D eigenvalue weighted by Gasteiger charge is 2.36. The van der Waals surface area contributed by atoms with E-state index in [4.69, 9.17) is 9.26 Å². The number of esters is 1. The van der Waals surface area contributed by atoms with Crippen molar-refractivity contribution < 1.29 is 18.8 Å². The molecule has 1 fully saturated rings. The van der Waals surface area contributed by atoms with E-state index in [0.717, 1.165) is 12.8 Å². The van der Waals surface area contributed by atoms with E-state index >= 15 is 0 Å². The van der Waals surface area contributed by atoms with Gasteiger partial charge in [-0.2, -0.15) is 4.98 Å². The second-order valence-corrected chi connectivity index (χ2v) is 4.11. The van der Waals surface area contributed by atoms with E-state index in [1.807, 2.05) is 0 Å². The Bertz CT molecular complexity index is 453. The van der Waals surface area contributed by atoms with Gasteiger partial charge in [0.05, 0.1) is 6.61 Å². The van der Waals surface area contributed by atoms with Crippen molar-refractivity contribution in [3.05, 3.63) is 11.7 Å². The number of nitrogens with zero attached hydrogens (tertiary/aromatic N) is 3. The number of ether oxygens (including phenoxy) is 1. The summed E-state index contributed by atoms with van der Waals surface area (Å²) in [5.74, 6) is -0.491. The predicted octanol–water partition coefficient (Wildman–Crippen LogP) is 0.546. The number of hydrogen-bond acceptors (Lipinski definition) is 6. The third-order valence-electron chi connectivity index (χ3n) is 2.57. The number of rotatable bonds is 5. The molecule has 18 heavy (non-hydrogen) atoms. The van der Waals surface area contributed by atoms with Crippen LogP contribution in [0.25, 0.3) is 0 Å². The first kappa shape index (κ1) is 12.5. The fourth-order valence-electron chi connectivity index (χ4n) is 1.61. The number of carbonyl (C=O) groups excluding carboxylic acids is 2. The molecule has 1 aliphatic carbocycles. The van der Waals surface area contributed by atoms with Gasteiger partial charge in [0.15, 0.2) is 0 Å². The van der Waals surface area contributed by atoms with Gasteiger partial charge in [-0.3, -0.25) is 9.59 Å². The molecule has 0 aliphatic heterocycles. The van der Waals surface area contributed by atoms with Crippen molar-refractivity contribution in [2.45, 2.75) is 32.7 Å². The van der Waals surface area contributed by atoms with Crippen LogP contribution in [0.5, 0.6) is 0 Å². The molecule has 1 saturated carbocycles. The van der Waals surface area contributed by atoms with Crippen LogP contribution >= 0.6 is 0 Å². The molecule has 7 nitrogen and oxygen atoms in total. The smallest absolute Gasteiger partial charge is 0.325 e. The first-order valence-corrected chi connectivity index (χ1v) is 5.88. The molecule has 0 aromatic carbocycles. The van der Waals surface area contributed by atoms with Gasteiger partial charge in [0.25, 0.3) is 11.7 Å². The highest BCUT2D eigenvalue weighted by atomic mass is 16.5. The summed E-state index contributed by atoms with van der Waals surface area (Å²) in [5, 5.41) is 3.57. The normalized spacial score (nSPS) is 14.3. The number of aromatic nitrogens is 2. The maximum Gasteiger partial charge on any atom is 0.325 e. The van der Waals surface area contributed by atoms with Gasteiger partial charge >= 0.3 is 5.97 Å². The summed E-state index contributed by atoms with van der Waals surface area (Å²) in [4.78, 5) is 28.9. The lowest BCUT2D eigenvalue weighted by Gasteiger charge is -2.19. The topological polar surface area (TPSA) is 85.5 Å². The lowest BCUT2D eigenvalue weighted by Crippen LogP contribution is -2.38. The molecule has 1 aliphatic rings. The Kier molecular flexibility index (Phi) is 3.59. The van der Waals surface area contributed by atoms with Crippen LogP contribution < -0.4 is 0 Å². The summed E-state index contributed by atoms with van der Waals surface area (Å²) < 4.78 is 9.61. The molecule has 0 N–H and O–H groups in total. The van der Waals surface area contributed by atoms with Crippen LogP contribution in [0.2, 0.25) is 0 Å². The SMILES string of the molecule is CCOC(=O)CN(C(=O)c1noc(C)n1)C1CC1. The quantitative estimate of drug-likeness (QED) is 0.712. The largest absolute Gasteiger partial charge is 0.465 e. The summed E-state index contributed by atoms with van der Waals surface area (Å²) in [5.41, 5.74) is 0. The number of carbonyl (C=O) groups is 2. The zero-order chi connectivity index (χ0) is 13.1. The third-order valence-corrected chi connectivity index (χ3v) is 2.57. The standard InChI is InChI=1S/C11H15N3O4/c1-3-17-9(15)6-14(8-4-5-8)11(16)10-12-7(2)18-13-10/h8H,3-6H2,1-2H3. The van der Waals surface area contributed by atoms with Crippen LogP contribution in [0.1, 0.15) is 36.3 Å². The van der Waals surface area contributed by atoms with Crippen molar-refractivity contribution in [3.8, 4) is 0 Å². The second-order valence-electron chi connectivity index (χ2n) is 4.11. The molecule has 1 aromatic heterocycles. The average molecular weight is 253 g/mol. The van der Waals surface area contributed by atoms with Crippen molar-refractivity contribution in [1.82, 2.24) is 15.0 Å². The van der Waals surface area contributed by atoms with Gasteiger partial charge in [-0.15, -0.1) is 0 Å². The number of amides is 1. The van der Waals surface area contributed by atoms with E-state index in [9.17, 15) is 9.59 Å². The highest BCUT2D eigenvalue weighted by molar-refractivity contribution is 5.93. The van der Waals surface area contributed by atoms with Crippen molar-refractivity contribution >= 4 is 11.9 Å². The highest BCUT2D eigenvalue weighted by Crippen LogP contribution is 2.27. The number of hydrogen-bond donors (Lipinski definition) is 0. The Labute approximate surface area is 104 Å². The molecule has 1 amide bonds. The molecular formula is C11H15N3O4. The van der Waals surface area contributed by atoms with Crippen molar-refractivity contribution in [3.63, 3.8) is 0 Å². The molecule has 0 atom stereocenters. The molecule has 2 rings (SSSR count). The Morgan fingerprint density at radius 3 is 2.72 bits per heavy atom. The second kappa shape index (κ2) is 5.16. The van der Waals surface area contributed by atoms with Crippen molar-refractivity contribution in [2.24, 2.45) is 0 Å². The van der Waals surface area contributed by atoms with E-state index in [2.05, 4.69) is 10.1 Å². The van der Waals surface area contributed by atoms with Gasteiger partial charge in [-0.05, 0) is 19.8 Å². The molecule has 7 heteroatoms. The van der Waals surface area contributed by atoms with Crippen molar-refractivity contribution in [1.29, 1.82) is 0 Å². The molecule has 98 valence electrons. The van der Waals surface area contributed by atoms with E-state index in [1.165, 1.54) is 4.90 Å². The van der Waals surface area contributed by atoms with Gasteiger partial charge in [0.2, 0.25) is 5.89 Å². The summed E-state index contributed by atoms with van der Waals surface area (Å²) in [6.45, 7) is 3.57. The Morgan fingerprint density at radius 1 is 1.50 bits per heavy atom. The molecular weight excluding hydrogens is 238 g/mol. The minimum absolute atomic E-state index is 0.0105. The van der Waals surface area contributed by atoms with Crippen LogP contribution in [0.4, 0.5) is 0 Å². The van der Waals surface area contributed by atoms with E-state index < -0.39 is 5.97 Å². The zero-order valence-corrected chi connectivity index (χ0v) is 10.4. The van der Waals surface area contributed by atoms with Crippen LogP contribution in [0.3, 0.4) is 0 Å². The first-order chi connectivity index (χ1) is 8.61. The van der Waals surface area contributed by atoms with Gasteiger partial charge in [0, 0.05) is 13.0 Å². The van der Waals surface area contributed by atoms with Crippen LogP contribution in [0.15, 0.2) is 4.52 Å². The van der Waals surface area contributed by atoms with Gasteiger partial charge in [-0.1, -0.05) is 5.16 Å². The average Bonchev–Trinajstić information content (AvgIpc) is 3.08. The molecule has 0 bridgehead atoms. The number of aryl methyl sites for hydroxylation is 1. The minimum atomic E-state index is -0.419. The van der Waals surface area contributed by atoms with E-state index in [0.29, 0.717) is 12.5 Å². The van der Waals surface area contributed by atoms with E-state index in [1.54, 1.807) is 13.8 Å². The van der Waals surface area contributed by atoms with Crippen LogP contribution in [0, 0.1) is 6.92 Å². The summed E-state index contributed by atoms with van der Waals surface area (Å²) in [7, 11) is 0. The molecule has 0 saturated heterocycles. The molecule has 0 unspecified atom stereocenters. The Balaban J connectivity index is 2.05. The maximum absolute atomic E-state index is 12.1. The predicted molar refractivity (Wildman–Crippen MR) is 59.7 cm³/mol. The first-order valence-electron chi connectivity index (χ1n) is 5.88. The summed E-state index contributed by atoms with van der Waals surface area (Å²) in [6.07, 6.45) is 1.78. The summed E-state index contributed by atoms with van der Waals surface area (Å²) in [6, 6.07) is 0.0840. The molecule has 1 heterocycles. The lowest BCUT2D eigenvalue weighted by atomic mass is 10.4. The zero-order valence-electron chi connectivity index (χ0n) is 10.4. The van der Waals surface area contributed by atoms with Crippen LogP contribution in [-0.4, -0.2) is 46.1 Å². The monoisotopic (exact) mass is 253 g/mol. The third kappa shape index (κ3) is 2.85. The Hall–Kier alpha value is -1.92. The van der Waals surface area contributed by atoms with Gasteiger partial charge in [-0.25, -0.2) is 0 Å². The van der Waals surface area contributed by atoms with Crippen LogP contribution in [-0.2, 0) is 9.53 Å².